The van der Waals surface area contributed by atoms with E-state index < -0.39 is 6.04 Å². The lowest BCUT2D eigenvalue weighted by Gasteiger charge is -2.35. The molecule has 0 aliphatic carbocycles. The number of nitrogens with one attached hydrogen (secondary N) is 3. The maximum absolute atomic E-state index is 12.3. The Morgan fingerprint density at radius 1 is 1.31 bits per heavy atom. The van der Waals surface area contributed by atoms with Crippen LogP contribution in [0.5, 0.6) is 0 Å². The largest absolute Gasteiger partial charge is 0.375 e. The van der Waals surface area contributed by atoms with Crippen molar-refractivity contribution in [3.05, 3.63) is 29.8 Å². The first-order valence-corrected chi connectivity index (χ1v) is 8.98. The Morgan fingerprint density at radius 3 is 2.85 bits per heavy atom. The third-order valence-electron chi connectivity index (χ3n) is 4.77. The molecule has 2 aliphatic rings. The van der Waals surface area contributed by atoms with Gasteiger partial charge in [0.25, 0.3) is 5.91 Å². The Kier molecular flexibility index (Phi) is 5.27. The van der Waals surface area contributed by atoms with E-state index in [1.54, 1.807) is 24.3 Å². The maximum Gasteiger partial charge on any atom is 0.254 e. The molecule has 0 bridgehead atoms. The van der Waals surface area contributed by atoms with Gasteiger partial charge >= 0.3 is 0 Å². The highest BCUT2D eigenvalue weighted by Crippen LogP contribution is 2.24. The lowest BCUT2D eigenvalue weighted by molar-refractivity contribution is -0.124. The van der Waals surface area contributed by atoms with Crippen LogP contribution in [-0.4, -0.2) is 42.0 Å². The van der Waals surface area contributed by atoms with Crippen molar-refractivity contribution in [3.63, 3.8) is 0 Å². The molecule has 1 aromatic rings. The summed E-state index contributed by atoms with van der Waals surface area (Å²) in [6, 6.07) is 6.20. The predicted molar refractivity (Wildman–Crippen MR) is 96.8 cm³/mol. The molecule has 2 aliphatic heterocycles. The predicted octanol–water partition coefficient (Wildman–Crippen LogP) is 1.59. The van der Waals surface area contributed by atoms with Gasteiger partial charge in [-0.1, -0.05) is 12.1 Å². The molecule has 0 saturated carbocycles. The molecule has 3 rings (SSSR count). The van der Waals surface area contributed by atoms with Gasteiger partial charge < -0.3 is 20.7 Å². The van der Waals surface area contributed by atoms with Gasteiger partial charge in [0.2, 0.25) is 11.8 Å². The topological polar surface area (TPSA) is 96.5 Å². The lowest BCUT2D eigenvalue weighted by atomic mass is 9.94. The molecule has 0 radical (unpaired) electrons. The van der Waals surface area contributed by atoms with Crippen LogP contribution in [0.3, 0.4) is 0 Å². The summed E-state index contributed by atoms with van der Waals surface area (Å²) in [7, 11) is 0. The number of para-hydroxylation sites is 1. The van der Waals surface area contributed by atoms with Crippen LogP contribution in [0.2, 0.25) is 0 Å². The van der Waals surface area contributed by atoms with Crippen LogP contribution in [0.25, 0.3) is 0 Å². The van der Waals surface area contributed by atoms with E-state index in [2.05, 4.69) is 16.0 Å². The molecule has 1 fully saturated rings. The molecule has 1 saturated heterocycles. The summed E-state index contributed by atoms with van der Waals surface area (Å²) in [6.45, 7) is 4.64. The molecule has 2 atom stereocenters. The number of amides is 3. The Labute approximate surface area is 152 Å². The van der Waals surface area contributed by atoms with Crippen molar-refractivity contribution in [3.8, 4) is 0 Å². The van der Waals surface area contributed by atoms with E-state index in [4.69, 9.17) is 4.74 Å². The fourth-order valence-corrected chi connectivity index (χ4v) is 3.45. The summed E-state index contributed by atoms with van der Waals surface area (Å²) >= 11 is 0. The average Bonchev–Trinajstić information content (AvgIpc) is 2.69. The normalized spacial score (nSPS) is 24.7. The fraction of sp³-hybridized carbons (Fsp3) is 0.526. The molecule has 0 spiro atoms. The Bertz CT molecular complexity index is 716. The second-order valence-corrected chi connectivity index (χ2v) is 7.46. The standard InChI is InChI=1S/C19H25N3O4/c1-19(2)11-12(9-10-26-19)20-16(23)8-7-15-18(25)21-14-6-4-3-5-13(14)17(24)22-15/h3-6,12,15H,7-11H2,1-2H3,(H,20,23)(H,21,25)(H,22,24)/t12?,15-/m1/s1. The maximum atomic E-state index is 12.3. The van der Waals surface area contributed by atoms with Crippen molar-refractivity contribution in [1.82, 2.24) is 10.6 Å². The van der Waals surface area contributed by atoms with E-state index in [1.165, 1.54) is 0 Å². The van der Waals surface area contributed by atoms with Crippen LogP contribution in [-0.2, 0) is 14.3 Å². The van der Waals surface area contributed by atoms with E-state index in [0.29, 0.717) is 17.9 Å². The van der Waals surface area contributed by atoms with E-state index >= 15 is 0 Å². The highest BCUT2D eigenvalue weighted by molar-refractivity contribution is 6.09. The Morgan fingerprint density at radius 2 is 2.08 bits per heavy atom. The van der Waals surface area contributed by atoms with Gasteiger partial charge in [-0.15, -0.1) is 0 Å². The van der Waals surface area contributed by atoms with Crippen molar-refractivity contribution in [2.24, 2.45) is 0 Å². The van der Waals surface area contributed by atoms with Crippen molar-refractivity contribution in [1.29, 1.82) is 0 Å². The molecule has 26 heavy (non-hydrogen) atoms. The summed E-state index contributed by atoms with van der Waals surface area (Å²) in [5.41, 5.74) is 0.681. The number of benzene rings is 1. The third-order valence-corrected chi connectivity index (χ3v) is 4.77. The molecule has 1 aromatic carbocycles. The highest BCUT2D eigenvalue weighted by Gasteiger charge is 2.31. The van der Waals surface area contributed by atoms with Gasteiger partial charge in [0.05, 0.1) is 16.9 Å². The summed E-state index contributed by atoms with van der Waals surface area (Å²) in [4.78, 5) is 36.9. The summed E-state index contributed by atoms with van der Waals surface area (Å²) in [6.07, 6.45) is 1.97. The average molecular weight is 359 g/mol. The van der Waals surface area contributed by atoms with Gasteiger partial charge in [0, 0.05) is 19.1 Å². The van der Waals surface area contributed by atoms with E-state index in [-0.39, 0.29) is 42.2 Å². The smallest absolute Gasteiger partial charge is 0.254 e. The minimum absolute atomic E-state index is 0.0769. The number of carbonyl (C=O) groups excluding carboxylic acids is 3. The van der Waals surface area contributed by atoms with E-state index in [9.17, 15) is 14.4 Å². The van der Waals surface area contributed by atoms with Gasteiger partial charge in [-0.25, -0.2) is 0 Å². The van der Waals surface area contributed by atoms with Gasteiger partial charge in [-0.05, 0) is 45.2 Å². The molecular weight excluding hydrogens is 334 g/mol. The molecule has 140 valence electrons. The van der Waals surface area contributed by atoms with Crippen LogP contribution in [0.4, 0.5) is 5.69 Å². The Hall–Kier alpha value is -2.41. The van der Waals surface area contributed by atoms with Gasteiger partial charge in [0.1, 0.15) is 6.04 Å². The van der Waals surface area contributed by atoms with Crippen molar-refractivity contribution in [2.75, 3.05) is 11.9 Å². The zero-order valence-electron chi connectivity index (χ0n) is 15.1. The minimum Gasteiger partial charge on any atom is -0.375 e. The van der Waals surface area contributed by atoms with Crippen LogP contribution in [0.1, 0.15) is 49.9 Å². The quantitative estimate of drug-likeness (QED) is 0.761. The molecule has 2 heterocycles. The zero-order chi connectivity index (χ0) is 18.7. The third kappa shape index (κ3) is 4.40. The van der Waals surface area contributed by atoms with Gasteiger partial charge in [-0.3, -0.25) is 14.4 Å². The Balaban J connectivity index is 1.54. The number of hydrogen-bond donors (Lipinski definition) is 3. The first kappa shape index (κ1) is 18.4. The number of ether oxygens (including phenoxy) is 1. The first-order valence-electron chi connectivity index (χ1n) is 8.98. The highest BCUT2D eigenvalue weighted by atomic mass is 16.5. The molecule has 3 amide bonds. The second kappa shape index (κ2) is 7.45. The number of hydrogen-bond acceptors (Lipinski definition) is 4. The SMILES string of the molecule is CC1(C)CC(NC(=O)CC[C@H]2NC(=O)c3ccccc3NC2=O)CCO1. The summed E-state index contributed by atoms with van der Waals surface area (Å²) in [5, 5.41) is 8.46. The summed E-state index contributed by atoms with van der Waals surface area (Å²) in [5.74, 6) is -0.727. The van der Waals surface area contributed by atoms with E-state index in [1.807, 2.05) is 13.8 Å². The van der Waals surface area contributed by atoms with Gasteiger partial charge in [-0.2, -0.15) is 0 Å². The van der Waals surface area contributed by atoms with Crippen molar-refractivity contribution < 1.29 is 19.1 Å². The van der Waals surface area contributed by atoms with Crippen molar-refractivity contribution in [2.45, 2.75) is 57.2 Å². The molecule has 1 unspecified atom stereocenters. The molecule has 3 N–H and O–H groups in total. The van der Waals surface area contributed by atoms with Gasteiger partial charge in [0.15, 0.2) is 0 Å². The summed E-state index contributed by atoms with van der Waals surface area (Å²) < 4.78 is 5.65. The van der Waals surface area contributed by atoms with Crippen LogP contribution >= 0.6 is 0 Å². The minimum atomic E-state index is -0.730. The molecular formula is C19H25N3O4. The number of fused-ring (bicyclic) bond motifs is 1. The molecule has 7 heteroatoms. The first-order chi connectivity index (χ1) is 12.3. The number of carbonyl (C=O) groups is 3. The molecule has 0 aromatic heterocycles. The number of rotatable bonds is 4. The number of anilines is 1. The van der Waals surface area contributed by atoms with Crippen LogP contribution in [0, 0.1) is 0 Å². The zero-order valence-corrected chi connectivity index (χ0v) is 15.1. The van der Waals surface area contributed by atoms with E-state index in [0.717, 1.165) is 12.8 Å². The lowest BCUT2D eigenvalue weighted by Crippen LogP contribution is -2.46. The van der Waals surface area contributed by atoms with Crippen LogP contribution < -0.4 is 16.0 Å². The van der Waals surface area contributed by atoms with Crippen LogP contribution in [0.15, 0.2) is 24.3 Å². The fourth-order valence-electron chi connectivity index (χ4n) is 3.45. The monoisotopic (exact) mass is 359 g/mol. The molecule has 7 nitrogen and oxygen atoms in total. The second-order valence-electron chi connectivity index (χ2n) is 7.46. The van der Waals surface area contributed by atoms with Crippen molar-refractivity contribution >= 4 is 23.4 Å².